The Hall–Kier alpha value is -2.74. The molecule has 24 heavy (non-hydrogen) atoms. The lowest BCUT2D eigenvalue weighted by atomic mass is 10.1. The highest BCUT2D eigenvalue weighted by molar-refractivity contribution is 6.11. The van der Waals surface area contributed by atoms with Gasteiger partial charge in [-0.05, 0) is 26.1 Å². The Balaban J connectivity index is 1.77. The van der Waals surface area contributed by atoms with Crippen LogP contribution in [0.15, 0.2) is 28.8 Å². The van der Waals surface area contributed by atoms with Gasteiger partial charge in [-0.3, -0.25) is 19.4 Å². The Morgan fingerprint density at radius 1 is 1.46 bits per heavy atom. The van der Waals surface area contributed by atoms with Crippen molar-refractivity contribution in [1.82, 2.24) is 15.0 Å². The summed E-state index contributed by atoms with van der Waals surface area (Å²) in [5.41, 5.74) is 1.35. The van der Waals surface area contributed by atoms with Crippen LogP contribution in [0, 0.1) is 6.92 Å². The monoisotopic (exact) mass is 329 g/mol. The second kappa shape index (κ2) is 6.40. The van der Waals surface area contributed by atoms with Crippen LogP contribution >= 0.6 is 0 Å². The zero-order valence-corrected chi connectivity index (χ0v) is 13.8. The van der Waals surface area contributed by atoms with Crippen molar-refractivity contribution >= 4 is 23.2 Å². The number of likely N-dealkylation sites (N-methyl/N-ethyl adjacent to an activating group) is 1. The fraction of sp³-hybridized carbons (Fsp3) is 0.375. The largest absolute Gasteiger partial charge is 0.340 e. The number of hydrogen-bond acceptors (Lipinski definition) is 6. The third kappa shape index (κ3) is 3.13. The second-order valence-electron chi connectivity index (χ2n) is 5.81. The minimum atomic E-state index is -0.442. The molecule has 0 saturated heterocycles. The van der Waals surface area contributed by atoms with Crippen molar-refractivity contribution in [3.05, 3.63) is 36.0 Å². The van der Waals surface area contributed by atoms with Crippen molar-refractivity contribution in [1.29, 1.82) is 0 Å². The van der Waals surface area contributed by atoms with Gasteiger partial charge in [0.2, 0.25) is 17.7 Å². The molecule has 0 spiro atoms. The molecule has 1 N–H and O–H groups in total. The van der Waals surface area contributed by atoms with Crippen molar-refractivity contribution in [3.8, 4) is 0 Å². The number of nitrogens with zero attached hydrogens (tertiary/aromatic N) is 4. The molecule has 1 aromatic carbocycles. The van der Waals surface area contributed by atoms with Gasteiger partial charge in [0.25, 0.3) is 0 Å². The topological polar surface area (TPSA) is 91.6 Å². The number of aromatic nitrogens is 2. The number of carbonyl (C=O) groups is 2. The van der Waals surface area contributed by atoms with E-state index in [9.17, 15) is 9.59 Å². The van der Waals surface area contributed by atoms with Crippen LogP contribution in [0.2, 0.25) is 0 Å². The summed E-state index contributed by atoms with van der Waals surface area (Å²) >= 11 is 0. The van der Waals surface area contributed by atoms with Gasteiger partial charge in [-0.25, -0.2) is 0 Å². The molecule has 0 fully saturated rings. The summed E-state index contributed by atoms with van der Waals surface area (Å²) in [4.78, 5) is 32.2. The van der Waals surface area contributed by atoms with Gasteiger partial charge in [0.05, 0.1) is 24.0 Å². The third-order valence-corrected chi connectivity index (χ3v) is 4.02. The fourth-order valence-corrected chi connectivity index (χ4v) is 2.61. The van der Waals surface area contributed by atoms with Gasteiger partial charge in [0.1, 0.15) is 6.54 Å². The Morgan fingerprint density at radius 3 is 2.92 bits per heavy atom. The van der Waals surface area contributed by atoms with Gasteiger partial charge in [-0.2, -0.15) is 4.98 Å². The summed E-state index contributed by atoms with van der Waals surface area (Å²) in [5, 5.41) is 6.62. The molecule has 2 amide bonds. The fourth-order valence-electron chi connectivity index (χ4n) is 2.61. The lowest BCUT2D eigenvalue weighted by Crippen LogP contribution is -2.50. The van der Waals surface area contributed by atoms with Crippen LogP contribution in [-0.2, 0) is 16.1 Å². The molecule has 0 bridgehead atoms. The first kappa shape index (κ1) is 16.1. The predicted molar refractivity (Wildman–Crippen MR) is 87.4 cm³/mol. The summed E-state index contributed by atoms with van der Waals surface area (Å²) in [5.74, 6) is 0.649. The van der Waals surface area contributed by atoms with E-state index >= 15 is 0 Å². The highest BCUT2D eigenvalue weighted by Crippen LogP contribution is 2.29. The maximum Gasteiger partial charge on any atom is 0.244 e. The lowest BCUT2D eigenvalue weighted by Gasteiger charge is -2.33. The minimum Gasteiger partial charge on any atom is -0.340 e. The van der Waals surface area contributed by atoms with Gasteiger partial charge in [-0.15, -0.1) is 0 Å². The zero-order valence-electron chi connectivity index (χ0n) is 13.8. The average Bonchev–Trinajstić information content (AvgIpc) is 2.97. The van der Waals surface area contributed by atoms with Crippen LogP contribution < -0.4 is 10.2 Å². The predicted octanol–water partition coefficient (Wildman–Crippen LogP) is 1.18. The van der Waals surface area contributed by atoms with Crippen molar-refractivity contribution < 1.29 is 14.1 Å². The van der Waals surface area contributed by atoms with Crippen LogP contribution in [-0.4, -0.2) is 46.5 Å². The van der Waals surface area contributed by atoms with Gasteiger partial charge < -0.3 is 9.84 Å². The highest BCUT2D eigenvalue weighted by Gasteiger charge is 2.31. The van der Waals surface area contributed by atoms with E-state index < -0.39 is 6.04 Å². The number of anilines is 2. The Kier molecular flexibility index (Phi) is 4.30. The molecular formula is C16H19N5O3. The molecule has 8 nitrogen and oxygen atoms in total. The molecule has 1 aromatic heterocycles. The quantitative estimate of drug-likeness (QED) is 0.906. The Bertz CT molecular complexity index is 773. The highest BCUT2D eigenvalue weighted by atomic mass is 16.5. The number of fused-ring (bicyclic) bond motifs is 1. The van der Waals surface area contributed by atoms with Crippen molar-refractivity contribution in [3.63, 3.8) is 0 Å². The summed E-state index contributed by atoms with van der Waals surface area (Å²) in [6.07, 6.45) is 0. The Labute approximate surface area is 139 Å². The molecule has 8 heteroatoms. The van der Waals surface area contributed by atoms with Crippen LogP contribution in [0.4, 0.5) is 11.4 Å². The first-order valence-corrected chi connectivity index (χ1v) is 7.65. The van der Waals surface area contributed by atoms with Crippen LogP contribution in [0.25, 0.3) is 0 Å². The van der Waals surface area contributed by atoms with E-state index in [4.69, 9.17) is 4.52 Å². The summed E-state index contributed by atoms with van der Waals surface area (Å²) in [6.45, 7) is 3.90. The van der Waals surface area contributed by atoms with Crippen LogP contribution in [0.1, 0.15) is 18.6 Å². The van der Waals surface area contributed by atoms with E-state index in [1.807, 2.05) is 30.1 Å². The van der Waals surface area contributed by atoms with Gasteiger partial charge in [-0.1, -0.05) is 17.3 Å². The van der Waals surface area contributed by atoms with E-state index in [1.165, 1.54) is 4.90 Å². The molecule has 1 aliphatic heterocycles. The number of para-hydroxylation sites is 2. The maximum absolute atomic E-state index is 12.9. The van der Waals surface area contributed by atoms with E-state index in [0.717, 1.165) is 0 Å². The number of amides is 2. The van der Waals surface area contributed by atoms with E-state index in [1.54, 1.807) is 19.9 Å². The molecule has 126 valence electrons. The first-order valence-electron chi connectivity index (χ1n) is 7.65. The summed E-state index contributed by atoms with van der Waals surface area (Å²) < 4.78 is 4.95. The van der Waals surface area contributed by atoms with Gasteiger partial charge >= 0.3 is 0 Å². The standard InChI is InChI=1S/C16H19N5O3/c1-10(20(3)8-14-17-11(2)24-19-14)16(23)21-9-15(22)18-12-6-4-5-7-13(12)21/h4-7,10H,8-9H2,1-3H3,(H,18,22)/t10-/m0/s1. The first-order chi connectivity index (χ1) is 11.5. The molecule has 2 aromatic rings. The molecule has 1 atom stereocenters. The van der Waals surface area contributed by atoms with Crippen LogP contribution in [0.3, 0.4) is 0 Å². The molecule has 1 aliphatic rings. The third-order valence-electron chi connectivity index (χ3n) is 4.02. The van der Waals surface area contributed by atoms with Gasteiger partial charge in [0.15, 0.2) is 5.82 Å². The molecular weight excluding hydrogens is 310 g/mol. The summed E-state index contributed by atoms with van der Waals surface area (Å²) in [6, 6.07) is 6.82. The summed E-state index contributed by atoms with van der Waals surface area (Å²) in [7, 11) is 1.81. The number of hydrogen-bond donors (Lipinski definition) is 1. The van der Waals surface area contributed by atoms with Crippen LogP contribution in [0.5, 0.6) is 0 Å². The van der Waals surface area contributed by atoms with Gasteiger partial charge in [0, 0.05) is 6.92 Å². The average molecular weight is 329 g/mol. The number of carbonyl (C=O) groups excluding carboxylic acids is 2. The van der Waals surface area contributed by atoms with Crippen molar-refractivity contribution in [2.45, 2.75) is 26.4 Å². The van der Waals surface area contributed by atoms with E-state index in [-0.39, 0.29) is 18.4 Å². The second-order valence-corrected chi connectivity index (χ2v) is 5.81. The maximum atomic E-state index is 12.9. The number of benzene rings is 1. The Morgan fingerprint density at radius 2 is 2.21 bits per heavy atom. The zero-order chi connectivity index (χ0) is 17.3. The molecule has 0 saturated carbocycles. The number of rotatable bonds is 4. The molecule has 3 rings (SSSR count). The van der Waals surface area contributed by atoms with Crippen molar-refractivity contribution in [2.75, 3.05) is 23.8 Å². The molecule has 0 radical (unpaired) electrons. The smallest absolute Gasteiger partial charge is 0.244 e. The molecule has 2 heterocycles. The normalized spacial score (nSPS) is 15.2. The number of nitrogens with one attached hydrogen (secondary N) is 1. The van der Waals surface area contributed by atoms with Crippen molar-refractivity contribution in [2.24, 2.45) is 0 Å². The molecule has 0 unspecified atom stereocenters. The van der Waals surface area contributed by atoms with E-state index in [0.29, 0.717) is 29.6 Å². The SMILES string of the molecule is Cc1nc(CN(C)[C@@H](C)C(=O)N2CC(=O)Nc3ccccc32)no1. The van der Waals surface area contributed by atoms with E-state index in [2.05, 4.69) is 15.5 Å². The number of aryl methyl sites for hydroxylation is 1. The lowest BCUT2D eigenvalue weighted by molar-refractivity contribution is -0.125. The minimum absolute atomic E-state index is 0.00927. The molecule has 0 aliphatic carbocycles.